The summed E-state index contributed by atoms with van der Waals surface area (Å²) in [5.41, 5.74) is 11.3. The number of nitrogens with one attached hydrogen (secondary N) is 4. The quantitative estimate of drug-likeness (QED) is 0.0176. The first kappa shape index (κ1) is 105. The molecule has 690 valence electrons. The van der Waals surface area contributed by atoms with Gasteiger partial charge in [-0.05, 0) is 118 Å². The molecule has 0 aliphatic carbocycles. The molecule has 0 bridgehead atoms. The van der Waals surface area contributed by atoms with Crippen LogP contribution >= 0.6 is 47.0 Å². The van der Waals surface area contributed by atoms with E-state index in [1.165, 1.54) is 47.0 Å². The van der Waals surface area contributed by atoms with Crippen LogP contribution in [0.3, 0.4) is 0 Å². The van der Waals surface area contributed by atoms with Crippen molar-refractivity contribution in [2.75, 3.05) is 42.6 Å². The van der Waals surface area contributed by atoms with E-state index in [2.05, 4.69) is 35.1 Å². The number of rotatable bonds is 44. The largest absolute Gasteiger partial charge is 0.480 e. The smallest absolute Gasteiger partial charge is 0.327 e. The van der Waals surface area contributed by atoms with Crippen LogP contribution in [-0.2, 0) is 88.8 Å². The van der Waals surface area contributed by atoms with Gasteiger partial charge < -0.3 is 41.7 Å². The molecule has 12 amide bonds. The standard InChI is InChI=1S/C29H32N2O4S.C28H30N2O4S.C24H30N2O4S.C22H26N2O4S/c1-21(2)16-24-14-9-15-25(17-24)27(32)31(18-22-10-5-3-6-11-22)29(35)30-26(28(33)34)20-36-19-23-12-7-4-8-13-23;1-2-16-30(26(31)18-22-12-9-15-24(17-22)23-13-7-4-8-14-23)28(34)29-25(27(32)33)20-35-19-21-10-5-3-6-11-21;1-2-16-26(22(27)15-9-14-19-10-5-3-6-11-19)24(30)25-21(23(28)29)18-31-17-20-12-7-4-8-13-20;1-2-13-24(20(25)14-17-9-5-3-6-10-17)22(28)23-19(21(26)27)16-29-15-18-11-7-4-8-12-18/h3-15,17,21,26H,16,18-20H2,1-2H3,(H,30,35)(H,33,34);3-15,17,25H,2,16,18-20H2,1H3,(H,29,34)(H,32,33);3-8,10-13,21H,2,9,14-18H2,1H3,(H,25,30)(H,28,29);3-12,19H,2,13-16H2,1H3,(H,23,28)(H,26,27)/t26-;25-;21-;19-/m0000/s1. The number of hydrogen-bond acceptors (Lipinski definition) is 16. The van der Waals surface area contributed by atoms with Crippen molar-refractivity contribution in [3.63, 3.8) is 0 Å². The van der Waals surface area contributed by atoms with Gasteiger partial charge in [-0.1, -0.05) is 314 Å². The number of carboxylic acids is 4. The Kier molecular flexibility index (Phi) is 47.8. The van der Waals surface area contributed by atoms with Gasteiger partial charge in [0.15, 0.2) is 0 Å². The Morgan fingerprint density at radius 1 is 0.305 bits per heavy atom. The molecule has 0 aliphatic heterocycles. The van der Waals surface area contributed by atoms with Crippen LogP contribution in [0.25, 0.3) is 11.1 Å². The molecular formula is C103H118N8O16S4. The second-order valence-corrected chi connectivity index (χ2v) is 35.0. The van der Waals surface area contributed by atoms with E-state index in [9.17, 15) is 78.0 Å². The minimum atomic E-state index is -1.14. The number of thioether (sulfide) groups is 4. The fourth-order valence-electron chi connectivity index (χ4n) is 13.1. The van der Waals surface area contributed by atoms with Crippen molar-refractivity contribution in [1.82, 2.24) is 40.9 Å². The molecule has 0 radical (unpaired) electrons. The van der Waals surface area contributed by atoms with Crippen molar-refractivity contribution in [3.05, 3.63) is 347 Å². The summed E-state index contributed by atoms with van der Waals surface area (Å²) in [6.07, 6.45) is 4.35. The Hall–Kier alpha value is -12.8. The minimum absolute atomic E-state index is 0.0312. The molecule has 28 heteroatoms. The van der Waals surface area contributed by atoms with Gasteiger partial charge in [0.25, 0.3) is 5.91 Å². The highest BCUT2D eigenvalue weighted by Gasteiger charge is 2.32. The molecule has 10 aromatic rings. The zero-order valence-corrected chi connectivity index (χ0v) is 77.8. The van der Waals surface area contributed by atoms with Crippen molar-refractivity contribution in [2.45, 2.75) is 146 Å². The fraction of sp³-hybridized carbons (Fsp3) is 0.301. The molecule has 10 aromatic carbocycles. The molecule has 4 atom stereocenters. The number of aliphatic carboxylic acids is 4. The number of hydrogen-bond donors (Lipinski definition) is 8. The SMILES string of the molecule is CC(C)Cc1cccc(C(=O)N(Cc2ccccc2)C(=O)N[C@@H](CSCc2ccccc2)C(=O)O)c1.CCCN(C(=O)CCCc1ccccc1)C(=O)N[C@@H](CSCc1ccccc1)C(=O)O.CCCN(C(=O)Cc1cccc(-c2ccccc2)c1)C(=O)N[C@@H](CSCc1ccccc1)C(=O)O.CCCN(C(=O)Cc1ccccc1)C(=O)N[C@@H](CSCc1ccccc1)C(=O)O. The highest BCUT2D eigenvalue weighted by Crippen LogP contribution is 2.24. The van der Waals surface area contributed by atoms with E-state index < -0.39 is 78.1 Å². The lowest BCUT2D eigenvalue weighted by Gasteiger charge is -2.24. The minimum Gasteiger partial charge on any atom is -0.480 e. The van der Waals surface area contributed by atoms with E-state index >= 15 is 0 Å². The number of benzene rings is 10. The molecule has 24 nitrogen and oxygen atoms in total. The van der Waals surface area contributed by atoms with Crippen LogP contribution in [0.5, 0.6) is 0 Å². The van der Waals surface area contributed by atoms with E-state index in [0.717, 1.165) is 93.6 Å². The normalized spacial score (nSPS) is 11.5. The number of carbonyl (C=O) groups is 12. The highest BCUT2D eigenvalue weighted by molar-refractivity contribution is 7.99. The van der Waals surface area contributed by atoms with Crippen LogP contribution in [0.4, 0.5) is 19.2 Å². The third-order valence-electron chi connectivity index (χ3n) is 19.7. The summed E-state index contributed by atoms with van der Waals surface area (Å²) in [4.78, 5) is 155. The Morgan fingerprint density at radius 3 is 0.947 bits per heavy atom. The van der Waals surface area contributed by atoms with Gasteiger partial charge in [-0.2, -0.15) is 47.0 Å². The van der Waals surface area contributed by atoms with Crippen LogP contribution in [0.1, 0.15) is 127 Å². The summed E-state index contributed by atoms with van der Waals surface area (Å²) in [7, 11) is 0. The van der Waals surface area contributed by atoms with Gasteiger partial charge in [0.2, 0.25) is 17.7 Å². The first-order chi connectivity index (χ1) is 63.3. The van der Waals surface area contributed by atoms with Crippen LogP contribution in [0, 0.1) is 5.92 Å². The first-order valence-corrected chi connectivity index (χ1v) is 48.1. The van der Waals surface area contributed by atoms with Crippen molar-refractivity contribution in [3.8, 4) is 11.1 Å². The molecule has 0 heterocycles. The van der Waals surface area contributed by atoms with Gasteiger partial charge in [-0.25, -0.2) is 38.4 Å². The Morgan fingerprint density at radius 2 is 0.595 bits per heavy atom. The van der Waals surface area contributed by atoms with E-state index in [1.54, 1.807) is 12.1 Å². The predicted molar refractivity (Wildman–Crippen MR) is 523 cm³/mol. The molecule has 0 aliphatic rings. The van der Waals surface area contributed by atoms with Crippen LogP contribution in [0.2, 0.25) is 0 Å². The molecule has 0 spiro atoms. The lowest BCUT2D eigenvalue weighted by atomic mass is 10.0. The van der Waals surface area contributed by atoms with Gasteiger partial charge in [-0.15, -0.1) is 0 Å². The number of carbonyl (C=O) groups excluding carboxylic acids is 8. The number of aryl methyl sites for hydroxylation is 1. The topological polar surface area (TPSA) is 347 Å². The van der Waals surface area contributed by atoms with Crippen LogP contribution < -0.4 is 21.3 Å². The van der Waals surface area contributed by atoms with E-state index in [4.69, 9.17) is 0 Å². The lowest BCUT2D eigenvalue weighted by molar-refractivity contribution is -0.139. The van der Waals surface area contributed by atoms with E-state index in [1.807, 2.05) is 300 Å². The van der Waals surface area contributed by atoms with Crippen molar-refractivity contribution in [1.29, 1.82) is 0 Å². The van der Waals surface area contributed by atoms with Crippen LogP contribution in [-0.4, -0.2) is 178 Å². The van der Waals surface area contributed by atoms with Crippen molar-refractivity contribution in [2.24, 2.45) is 5.92 Å². The maximum Gasteiger partial charge on any atom is 0.327 e. The summed E-state index contributed by atoms with van der Waals surface area (Å²) < 4.78 is 0. The highest BCUT2D eigenvalue weighted by atomic mass is 32.2. The molecule has 0 fully saturated rings. The van der Waals surface area contributed by atoms with Crippen LogP contribution in [0.15, 0.2) is 291 Å². The van der Waals surface area contributed by atoms with Gasteiger partial charge in [0, 0.05) is 77.6 Å². The summed E-state index contributed by atoms with van der Waals surface area (Å²) in [5, 5.41) is 48.5. The zero-order chi connectivity index (χ0) is 94.5. The summed E-state index contributed by atoms with van der Waals surface area (Å²) in [6, 6.07) is 84.7. The van der Waals surface area contributed by atoms with Crippen molar-refractivity contribution < 1.29 is 78.0 Å². The summed E-state index contributed by atoms with van der Waals surface area (Å²) in [6.45, 7) is 10.6. The Balaban J connectivity index is 0.000000240. The second-order valence-electron chi connectivity index (χ2n) is 30.9. The van der Waals surface area contributed by atoms with Gasteiger partial charge in [0.05, 0.1) is 19.4 Å². The molecule has 0 aromatic heterocycles. The predicted octanol–water partition coefficient (Wildman–Crippen LogP) is 18.8. The van der Waals surface area contributed by atoms with Gasteiger partial charge >= 0.3 is 48.0 Å². The third-order valence-corrected chi connectivity index (χ3v) is 24.2. The fourth-order valence-corrected chi connectivity index (χ4v) is 17.1. The lowest BCUT2D eigenvalue weighted by Crippen LogP contribution is -2.51. The maximum atomic E-state index is 13.5. The molecule has 0 unspecified atom stereocenters. The van der Waals surface area contributed by atoms with Crippen molar-refractivity contribution >= 4 is 119 Å². The average Bonchev–Trinajstić information content (AvgIpc) is 0.836. The first-order valence-electron chi connectivity index (χ1n) is 43.5. The Bertz CT molecular complexity index is 5180. The zero-order valence-electron chi connectivity index (χ0n) is 74.6. The molecule has 8 N–H and O–H groups in total. The number of amides is 12. The molecule has 0 saturated carbocycles. The number of carboxylic acid groups (broad SMARTS) is 4. The second kappa shape index (κ2) is 59.4. The van der Waals surface area contributed by atoms with Gasteiger partial charge in [0.1, 0.15) is 24.2 Å². The third kappa shape index (κ3) is 39.6. The monoisotopic (exact) mass is 1850 g/mol. The average molecular weight is 1850 g/mol. The summed E-state index contributed by atoms with van der Waals surface area (Å²) >= 11 is 5.69. The number of imide groups is 4. The number of urea groups is 4. The van der Waals surface area contributed by atoms with Gasteiger partial charge in [-0.3, -0.25) is 38.8 Å². The van der Waals surface area contributed by atoms with E-state index in [-0.39, 0.29) is 86.2 Å². The molecule has 10 rings (SSSR count). The Labute approximate surface area is 785 Å². The number of nitrogens with zero attached hydrogens (tertiary/aromatic N) is 4. The molecule has 0 saturated heterocycles. The molecule has 131 heavy (non-hydrogen) atoms. The molecular weight excluding hydrogens is 1730 g/mol. The summed E-state index contributed by atoms with van der Waals surface area (Å²) in [5.74, 6) is -2.19. The van der Waals surface area contributed by atoms with E-state index in [0.29, 0.717) is 60.2 Å². The maximum absolute atomic E-state index is 13.5.